The first-order valence-corrected chi connectivity index (χ1v) is 6.05. The van der Waals surface area contributed by atoms with Gasteiger partial charge in [-0.2, -0.15) is 18.3 Å². The first-order chi connectivity index (χ1) is 9.87. The maximum absolute atomic E-state index is 12.7. The van der Waals surface area contributed by atoms with Crippen LogP contribution in [-0.2, 0) is 6.54 Å². The van der Waals surface area contributed by atoms with Crippen molar-refractivity contribution in [2.24, 2.45) is 0 Å². The molecule has 2 aromatic rings. The number of anilines is 1. The average molecular weight is 298 g/mol. The van der Waals surface area contributed by atoms with Crippen LogP contribution in [0.5, 0.6) is 0 Å². The molecule has 0 bridgehead atoms. The zero-order chi connectivity index (χ0) is 15.5. The molecule has 0 saturated heterocycles. The quantitative estimate of drug-likeness (QED) is 0.908. The summed E-state index contributed by atoms with van der Waals surface area (Å²) < 4.78 is 38.0. The average Bonchev–Trinajstić information content (AvgIpc) is 2.83. The summed E-state index contributed by atoms with van der Waals surface area (Å²) in [6.07, 6.45) is -3.32. The molecule has 2 rings (SSSR count). The number of nitrogen functional groups attached to an aromatic ring is 1. The predicted octanol–water partition coefficient (Wildman–Crippen LogP) is 2.20. The minimum absolute atomic E-state index is 0.0141. The summed E-state index contributed by atoms with van der Waals surface area (Å²) in [5.41, 5.74) is 5.98. The number of amides is 1. The summed E-state index contributed by atoms with van der Waals surface area (Å²) in [6, 6.07) is 8.42. The minimum atomic E-state index is -4.50. The van der Waals surface area contributed by atoms with Crippen LogP contribution in [0.1, 0.15) is 16.1 Å². The highest BCUT2D eigenvalue weighted by Crippen LogP contribution is 2.21. The van der Waals surface area contributed by atoms with Crippen LogP contribution < -0.4 is 5.73 Å². The molecule has 8 heteroatoms. The summed E-state index contributed by atoms with van der Waals surface area (Å²) in [5.74, 6) is -0.842. The Hall–Kier alpha value is -2.51. The molecule has 3 N–H and O–H groups in total. The molecule has 0 spiro atoms. The van der Waals surface area contributed by atoms with E-state index < -0.39 is 18.6 Å². The van der Waals surface area contributed by atoms with Gasteiger partial charge in [0, 0.05) is 6.54 Å². The number of aromatic nitrogens is 2. The van der Waals surface area contributed by atoms with Crippen molar-refractivity contribution in [3.05, 3.63) is 47.8 Å². The van der Waals surface area contributed by atoms with Crippen molar-refractivity contribution in [3.63, 3.8) is 0 Å². The predicted molar refractivity (Wildman–Crippen MR) is 70.2 cm³/mol. The van der Waals surface area contributed by atoms with E-state index in [1.165, 1.54) is 6.20 Å². The van der Waals surface area contributed by atoms with E-state index in [1.807, 2.05) is 0 Å². The highest BCUT2D eigenvalue weighted by molar-refractivity contribution is 5.97. The topological polar surface area (TPSA) is 75.0 Å². The normalized spacial score (nSPS) is 11.4. The number of aromatic amines is 1. The molecule has 112 valence electrons. The van der Waals surface area contributed by atoms with E-state index in [4.69, 9.17) is 5.73 Å². The number of carbonyl (C=O) groups is 1. The third kappa shape index (κ3) is 3.98. The van der Waals surface area contributed by atoms with E-state index in [1.54, 1.807) is 30.3 Å². The highest BCUT2D eigenvalue weighted by Gasteiger charge is 2.34. The molecule has 0 radical (unpaired) electrons. The molecular weight excluding hydrogens is 285 g/mol. The lowest BCUT2D eigenvalue weighted by atomic mass is 10.2. The number of hydrogen-bond acceptors (Lipinski definition) is 3. The van der Waals surface area contributed by atoms with Gasteiger partial charge in [0.05, 0.1) is 11.9 Å². The summed E-state index contributed by atoms with van der Waals surface area (Å²) in [7, 11) is 0. The van der Waals surface area contributed by atoms with Gasteiger partial charge >= 0.3 is 6.18 Å². The molecule has 1 amide bonds. The molecule has 0 aliphatic carbocycles. The van der Waals surface area contributed by atoms with Crippen LogP contribution >= 0.6 is 0 Å². The molecule has 1 aromatic carbocycles. The molecule has 0 atom stereocenters. The van der Waals surface area contributed by atoms with Crippen molar-refractivity contribution in [3.8, 4) is 0 Å². The Morgan fingerprint density at radius 1 is 1.29 bits per heavy atom. The van der Waals surface area contributed by atoms with Crippen LogP contribution in [0.4, 0.5) is 18.9 Å². The van der Waals surface area contributed by atoms with Gasteiger partial charge in [-0.1, -0.05) is 30.3 Å². The molecule has 1 aromatic heterocycles. The standard InChI is InChI=1S/C13H13F3N4O/c14-13(15,16)8-20(7-9-4-2-1-3-5-9)12(21)11-10(17)6-18-19-11/h1-6H,7-8,17H2,(H,18,19). The molecule has 0 saturated carbocycles. The Kier molecular flexibility index (Phi) is 4.15. The fraction of sp³-hybridized carbons (Fsp3) is 0.231. The summed E-state index contributed by atoms with van der Waals surface area (Å²) >= 11 is 0. The van der Waals surface area contributed by atoms with Crippen molar-refractivity contribution in [1.29, 1.82) is 0 Å². The third-order valence-corrected chi connectivity index (χ3v) is 2.76. The SMILES string of the molecule is Nc1cn[nH]c1C(=O)N(Cc1ccccc1)CC(F)(F)F. The van der Waals surface area contributed by atoms with Gasteiger partial charge in [-0.25, -0.2) is 0 Å². The Bertz CT molecular complexity index is 609. The lowest BCUT2D eigenvalue weighted by molar-refractivity contribution is -0.141. The second-order valence-corrected chi connectivity index (χ2v) is 4.46. The number of benzene rings is 1. The first-order valence-electron chi connectivity index (χ1n) is 6.05. The van der Waals surface area contributed by atoms with Gasteiger partial charge < -0.3 is 10.6 Å². The molecule has 5 nitrogen and oxygen atoms in total. The molecule has 21 heavy (non-hydrogen) atoms. The van der Waals surface area contributed by atoms with Gasteiger partial charge in [-0.05, 0) is 5.56 Å². The smallest absolute Gasteiger partial charge is 0.396 e. The summed E-state index contributed by atoms with van der Waals surface area (Å²) in [6.45, 7) is -1.53. The second kappa shape index (κ2) is 5.86. The van der Waals surface area contributed by atoms with Gasteiger partial charge in [0.1, 0.15) is 12.2 Å². The van der Waals surface area contributed by atoms with Gasteiger partial charge in [0.25, 0.3) is 5.91 Å². The van der Waals surface area contributed by atoms with Crippen LogP contribution in [0.25, 0.3) is 0 Å². The van der Waals surface area contributed by atoms with Gasteiger partial charge in [0.2, 0.25) is 0 Å². The fourth-order valence-corrected chi connectivity index (χ4v) is 1.84. The van der Waals surface area contributed by atoms with Gasteiger partial charge in [-0.3, -0.25) is 9.89 Å². The Morgan fingerprint density at radius 3 is 2.48 bits per heavy atom. The number of nitrogens with two attached hydrogens (primary N) is 1. The molecule has 0 aliphatic heterocycles. The van der Waals surface area contributed by atoms with E-state index in [0.717, 1.165) is 0 Å². The first kappa shape index (κ1) is 14.9. The zero-order valence-electron chi connectivity index (χ0n) is 10.9. The number of rotatable bonds is 4. The Balaban J connectivity index is 2.24. The molecule has 0 unspecified atom stereocenters. The molecule has 0 fully saturated rings. The van der Waals surface area contributed by atoms with Crippen LogP contribution in [0, 0.1) is 0 Å². The number of H-pyrrole nitrogens is 1. The van der Waals surface area contributed by atoms with Crippen LogP contribution in [0.3, 0.4) is 0 Å². The number of halogens is 3. The Morgan fingerprint density at radius 2 is 1.95 bits per heavy atom. The third-order valence-electron chi connectivity index (χ3n) is 2.76. The van der Waals surface area contributed by atoms with Crippen molar-refractivity contribution in [2.75, 3.05) is 12.3 Å². The maximum atomic E-state index is 12.7. The molecular formula is C13H13F3N4O. The number of nitrogens with one attached hydrogen (secondary N) is 1. The lowest BCUT2D eigenvalue weighted by Gasteiger charge is -2.23. The van der Waals surface area contributed by atoms with Gasteiger partial charge in [-0.15, -0.1) is 0 Å². The maximum Gasteiger partial charge on any atom is 0.406 e. The van der Waals surface area contributed by atoms with Crippen molar-refractivity contribution < 1.29 is 18.0 Å². The minimum Gasteiger partial charge on any atom is -0.396 e. The molecule has 0 aliphatic rings. The summed E-state index contributed by atoms with van der Waals surface area (Å²) in [5, 5.41) is 5.87. The fourth-order valence-electron chi connectivity index (χ4n) is 1.84. The van der Waals surface area contributed by atoms with Crippen LogP contribution in [-0.4, -0.2) is 33.7 Å². The van der Waals surface area contributed by atoms with E-state index >= 15 is 0 Å². The van der Waals surface area contributed by atoms with Crippen molar-refractivity contribution in [1.82, 2.24) is 15.1 Å². The number of alkyl halides is 3. The monoisotopic (exact) mass is 298 g/mol. The van der Waals surface area contributed by atoms with Gasteiger partial charge in [0.15, 0.2) is 0 Å². The lowest BCUT2D eigenvalue weighted by Crippen LogP contribution is -2.39. The van der Waals surface area contributed by atoms with E-state index in [9.17, 15) is 18.0 Å². The Labute approximate surface area is 118 Å². The number of nitrogens with zero attached hydrogens (tertiary/aromatic N) is 2. The second-order valence-electron chi connectivity index (χ2n) is 4.46. The van der Waals surface area contributed by atoms with Crippen molar-refractivity contribution in [2.45, 2.75) is 12.7 Å². The number of hydrogen-bond donors (Lipinski definition) is 2. The summed E-state index contributed by atoms with van der Waals surface area (Å²) in [4.78, 5) is 12.9. The van der Waals surface area contributed by atoms with E-state index in [-0.39, 0.29) is 17.9 Å². The number of carbonyl (C=O) groups excluding carboxylic acids is 1. The zero-order valence-corrected chi connectivity index (χ0v) is 10.9. The highest BCUT2D eigenvalue weighted by atomic mass is 19.4. The van der Waals surface area contributed by atoms with E-state index in [0.29, 0.717) is 10.5 Å². The largest absolute Gasteiger partial charge is 0.406 e. The van der Waals surface area contributed by atoms with Crippen molar-refractivity contribution >= 4 is 11.6 Å². The van der Waals surface area contributed by atoms with Crippen LogP contribution in [0.2, 0.25) is 0 Å². The molecule has 1 heterocycles. The van der Waals surface area contributed by atoms with E-state index in [2.05, 4.69) is 10.2 Å². The van der Waals surface area contributed by atoms with Crippen LogP contribution in [0.15, 0.2) is 36.5 Å².